The van der Waals surface area contributed by atoms with Crippen LogP contribution in [0.4, 0.5) is 4.39 Å². The van der Waals surface area contributed by atoms with Crippen molar-refractivity contribution in [3.63, 3.8) is 0 Å². The molecule has 156 valence electrons. The fourth-order valence-electron chi connectivity index (χ4n) is 5.69. The van der Waals surface area contributed by atoms with Crippen LogP contribution in [-0.4, -0.2) is 29.0 Å². The smallest absolute Gasteiger partial charge is 0.238 e. The average Bonchev–Trinajstić information content (AvgIpc) is 3.18. The lowest BCUT2D eigenvalue weighted by atomic mass is 9.94. The molecule has 1 aromatic heterocycles. The highest BCUT2D eigenvalue weighted by atomic mass is 32.1. The molecule has 1 amide bonds. The number of rotatable bonds is 6. The summed E-state index contributed by atoms with van der Waals surface area (Å²) in [6.45, 7) is 4.30. The molecule has 3 fully saturated rings. The molecule has 2 saturated carbocycles. The fourth-order valence-corrected chi connectivity index (χ4v) is 6.54. The van der Waals surface area contributed by atoms with Crippen molar-refractivity contribution in [2.24, 2.45) is 23.7 Å². The second-order valence-corrected chi connectivity index (χ2v) is 9.95. The van der Waals surface area contributed by atoms with E-state index in [-0.39, 0.29) is 24.2 Å². The monoisotopic (exact) mass is 424 g/mol. The molecule has 2 bridgehead atoms. The zero-order valence-electron chi connectivity index (χ0n) is 17.1. The summed E-state index contributed by atoms with van der Waals surface area (Å²) in [5, 5.41) is 16.9. The van der Waals surface area contributed by atoms with Crippen LogP contribution >= 0.6 is 11.3 Å². The highest BCUT2D eigenvalue weighted by Crippen LogP contribution is 2.64. The summed E-state index contributed by atoms with van der Waals surface area (Å²) in [5.74, 6) is 1.97. The molecular formula is C23H25FN4OS. The van der Waals surface area contributed by atoms with Gasteiger partial charge in [-0.25, -0.2) is 9.37 Å². The van der Waals surface area contributed by atoms with Crippen molar-refractivity contribution in [2.45, 2.75) is 51.2 Å². The second kappa shape index (κ2) is 7.44. The van der Waals surface area contributed by atoms with E-state index in [0.717, 1.165) is 34.2 Å². The standard InChI is InChI=1S/C23H25FN4OS/c1-3-19-26-10-18(30-19)13-5-4-12(16(24)7-13)6-14(9-25)27-23(29)22-15-8-17(28-22)21-11(2)20(15)21/h4-5,7,10-11,14-15,17,20-22,28H,3,6,8H2,1-2H3,(H,27,29)/t11?,14-,15+,17-,20?,21?,22-/m0/s1. The Bertz CT molecular complexity index is 1030. The minimum absolute atomic E-state index is 0.125. The predicted octanol–water partition coefficient (Wildman–Crippen LogP) is 3.30. The van der Waals surface area contributed by atoms with E-state index in [1.54, 1.807) is 23.6 Å². The number of benzene rings is 1. The van der Waals surface area contributed by atoms with Gasteiger partial charge in [0.25, 0.3) is 0 Å². The van der Waals surface area contributed by atoms with Crippen molar-refractivity contribution in [1.29, 1.82) is 5.26 Å². The number of fused-ring (bicyclic) bond motifs is 5. The summed E-state index contributed by atoms with van der Waals surface area (Å²) in [6, 6.07) is 6.66. The highest BCUT2D eigenvalue weighted by molar-refractivity contribution is 7.15. The molecule has 2 aliphatic carbocycles. The summed E-state index contributed by atoms with van der Waals surface area (Å²) < 4.78 is 14.7. The van der Waals surface area contributed by atoms with Crippen LogP contribution in [0.2, 0.25) is 0 Å². The first-order valence-electron chi connectivity index (χ1n) is 10.7. The maximum Gasteiger partial charge on any atom is 0.238 e. The van der Waals surface area contributed by atoms with Crippen molar-refractivity contribution in [1.82, 2.24) is 15.6 Å². The molecule has 7 heteroatoms. The molecule has 1 aliphatic heterocycles. The molecule has 7 atom stereocenters. The second-order valence-electron chi connectivity index (χ2n) is 8.84. The minimum Gasteiger partial charge on any atom is -0.339 e. The molecule has 2 N–H and O–H groups in total. The predicted molar refractivity (Wildman–Crippen MR) is 113 cm³/mol. The number of nitrogens with one attached hydrogen (secondary N) is 2. The third kappa shape index (κ3) is 3.23. The van der Waals surface area contributed by atoms with Crippen molar-refractivity contribution >= 4 is 17.2 Å². The Balaban J connectivity index is 1.24. The number of carbonyl (C=O) groups is 1. The molecule has 0 spiro atoms. The molecule has 5 nitrogen and oxygen atoms in total. The minimum atomic E-state index is -0.749. The Kier molecular flexibility index (Phi) is 4.87. The number of piperidine rings is 1. The van der Waals surface area contributed by atoms with Crippen LogP contribution in [0.5, 0.6) is 0 Å². The molecule has 1 aromatic carbocycles. The van der Waals surface area contributed by atoms with Gasteiger partial charge < -0.3 is 10.6 Å². The number of aryl methyl sites for hydroxylation is 1. The van der Waals surface area contributed by atoms with Gasteiger partial charge in [0.1, 0.15) is 11.9 Å². The van der Waals surface area contributed by atoms with Crippen LogP contribution in [0.15, 0.2) is 24.4 Å². The summed E-state index contributed by atoms with van der Waals surface area (Å²) in [7, 11) is 0. The van der Waals surface area contributed by atoms with Crippen molar-refractivity contribution in [3.8, 4) is 16.5 Å². The number of thiazole rings is 1. The highest BCUT2D eigenvalue weighted by Gasteiger charge is 2.67. The van der Waals surface area contributed by atoms with Crippen LogP contribution in [0, 0.1) is 40.8 Å². The molecule has 3 aliphatic rings. The van der Waals surface area contributed by atoms with Crippen molar-refractivity contribution in [3.05, 3.63) is 40.8 Å². The average molecular weight is 425 g/mol. The molecule has 3 unspecified atom stereocenters. The van der Waals surface area contributed by atoms with Crippen LogP contribution < -0.4 is 10.6 Å². The van der Waals surface area contributed by atoms with Gasteiger partial charge in [-0.05, 0) is 53.7 Å². The Morgan fingerprint density at radius 3 is 2.97 bits per heavy atom. The number of aromatic nitrogens is 1. The number of amides is 1. The van der Waals surface area contributed by atoms with E-state index in [9.17, 15) is 14.4 Å². The lowest BCUT2D eigenvalue weighted by molar-refractivity contribution is -0.124. The number of hydrogen-bond donors (Lipinski definition) is 2. The van der Waals surface area contributed by atoms with E-state index >= 15 is 0 Å². The molecule has 5 rings (SSSR count). The van der Waals surface area contributed by atoms with E-state index in [1.165, 1.54) is 6.07 Å². The number of hydrogen-bond acceptors (Lipinski definition) is 5. The topological polar surface area (TPSA) is 77.8 Å². The van der Waals surface area contributed by atoms with E-state index in [4.69, 9.17) is 0 Å². The molecule has 2 aromatic rings. The number of carbonyl (C=O) groups excluding carboxylic acids is 1. The molecule has 2 heterocycles. The summed E-state index contributed by atoms with van der Waals surface area (Å²) in [5.41, 5.74) is 1.22. The largest absolute Gasteiger partial charge is 0.339 e. The van der Waals surface area contributed by atoms with E-state index in [0.29, 0.717) is 29.4 Å². The molecular weight excluding hydrogens is 399 g/mol. The normalized spacial score (nSPS) is 31.8. The molecule has 1 saturated heterocycles. The Hall–Kier alpha value is -2.30. The van der Waals surface area contributed by atoms with Crippen LogP contribution in [0.1, 0.15) is 30.8 Å². The Morgan fingerprint density at radius 2 is 2.30 bits per heavy atom. The first-order chi connectivity index (χ1) is 14.5. The van der Waals surface area contributed by atoms with Gasteiger partial charge >= 0.3 is 0 Å². The zero-order chi connectivity index (χ0) is 21.0. The van der Waals surface area contributed by atoms with Gasteiger partial charge in [-0.2, -0.15) is 5.26 Å². The third-order valence-electron chi connectivity index (χ3n) is 7.20. The summed E-state index contributed by atoms with van der Waals surface area (Å²) in [4.78, 5) is 18.0. The van der Waals surface area contributed by atoms with Crippen molar-refractivity contribution in [2.75, 3.05) is 0 Å². The Morgan fingerprint density at radius 1 is 1.47 bits per heavy atom. The van der Waals surface area contributed by atoms with Gasteiger partial charge in [0.2, 0.25) is 5.91 Å². The third-order valence-corrected chi connectivity index (χ3v) is 8.39. The molecule has 30 heavy (non-hydrogen) atoms. The van der Waals surface area contributed by atoms with Gasteiger partial charge in [-0.3, -0.25) is 4.79 Å². The zero-order valence-corrected chi connectivity index (χ0v) is 17.9. The van der Waals surface area contributed by atoms with E-state index < -0.39 is 6.04 Å². The summed E-state index contributed by atoms with van der Waals surface area (Å²) in [6.07, 6.45) is 3.83. The molecule has 0 radical (unpaired) electrons. The van der Waals surface area contributed by atoms with E-state index in [1.807, 2.05) is 13.0 Å². The Labute approximate surface area is 179 Å². The van der Waals surface area contributed by atoms with Gasteiger partial charge in [-0.15, -0.1) is 11.3 Å². The lowest BCUT2D eigenvalue weighted by Crippen LogP contribution is -2.51. The van der Waals surface area contributed by atoms with Gasteiger partial charge in [0.05, 0.1) is 22.0 Å². The van der Waals surface area contributed by atoms with E-state index in [2.05, 4.69) is 28.6 Å². The lowest BCUT2D eigenvalue weighted by Gasteiger charge is -2.23. The first kappa shape index (κ1) is 19.7. The number of halogens is 1. The van der Waals surface area contributed by atoms with Crippen molar-refractivity contribution < 1.29 is 9.18 Å². The van der Waals surface area contributed by atoms with Crippen LogP contribution in [-0.2, 0) is 17.6 Å². The first-order valence-corrected chi connectivity index (χ1v) is 11.5. The summed E-state index contributed by atoms with van der Waals surface area (Å²) >= 11 is 1.56. The van der Waals surface area contributed by atoms with Gasteiger partial charge in [-0.1, -0.05) is 26.0 Å². The SMILES string of the molecule is CCc1ncc(-c2ccc(C[C@@H](C#N)NC(=O)[C@H]3N[C@H]4C[C@@H]3C3C(C)C34)c(F)c2)s1. The van der Waals surface area contributed by atoms with Crippen LogP contribution in [0.3, 0.4) is 0 Å². The quantitative estimate of drug-likeness (QED) is 0.746. The number of nitrogens with zero attached hydrogens (tertiary/aromatic N) is 2. The maximum atomic E-state index is 14.7. The van der Waals surface area contributed by atoms with Gasteiger partial charge in [0.15, 0.2) is 0 Å². The fraction of sp³-hybridized carbons (Fsp3) is 0.522. The maximum absolute atomic E-state index is 14.7. The van der Waals surface area contributed by atoms with Crippen LogP contribution in [0.25, 0.3) is 10.4 Å². The number of nitriles is 1. The van der Waals surface area contributed by atoms with Gasteiger partial charge in [0, 0.05) is 18.7 Å².